The molecule has 0 aromatic heterocycles. The highest BCUT2D eigenvalue weighted by Crippen LogP contribution is 2.31. The van der Waals surface area contributed by atoms with Gasteiger partial charge in [0, 0.05) is 11.7 Å². The molecule has 0 fully saturated rings. The molecule has 1 aliphatic heterocycles. The molecule has 0 atom stereocenters. The Kier molecular flexibility index (Phi) is 8.33. The van der Waals surface area contributed by atoms with Gasteiger partial charge in [-0.15, -0.1) is 0 Å². The Bertz CT molecular complexity index is 324. The van der Waals surface area contributed by atoms with Crippen molar-refractivity contribution in [2.75, 3.05) is 0 Å². The summed E-state index contributed by atoms with van der Waals surface area (Å²) in [5, 5.41) is 0. The Hall–Kier alpha value is -1.12. The normalized spacial score (nSPS) is 15.0. The lowest BCUT2D eigenvalue weighted by Crippen LogP contribution is -2.41. The highest BCUT2D eigenvalue weighted by atomic mass is 16.5. The monoisotopic (exact) mass is 294 g/mol. The first-order valence-corrected chi connectivity index (χ1v) is 8.71. The SMILES string of the molecule is CCCCCCC(C)(CCCCCC)N1C=COC(N)=C1. The molecule has 0 bridgehead atoms. The molecule has 0 spiro atoms. The lowest BCUT2D eigenvalue weighted by molar-refractivity contribution is 0.159. The molecule has 122 valence electrons. The minimum Gasteiger partial charge on any atom is -0.446 e. The van der Waals surface area contributed by atoms with Crippen molar-refractivity contribution in [2.45, 2.75) is 90.5 Å². The van der Waals surface area contributed by atoms with Gasteiger partial charge >= 0.3 is 0 Å². The highest BCUT2D eigenvalue weighted by molar-refractivity contribution is 5.06. The van der Waals surface area contributed by atoms with Crippen molar-refractivity contribution < 1.29 is 4.74 Å². The van der Waals surface area contributed by atoms with Crippen molar-refractivity contribution in [3.8, 4) is 0 Å². The van der Waals surface area contributed by atoms with E-state index in [2.05, 4.69) is 25.7 Å². The van der Waals surface area contributed by atoms with E-state index in [0.717, 1.165) is 0 Å². The fourth-order valence-corrected chi connectivity index (χ4v) is 2.97. The molecule has 1 heterocycles. The quantitative estimate of drug-likeness (QED) is 0.529. The molecule has 0 amide bonds. The van der Waals surface area contributed by atoms with E-state index in [0.29, 0.717) is 5.88 Å². The standard InChI is InChI=1S/C18H34N2O/c1-4-6-8-10-12-18(3,13-11-9-7-5-2)20-14-15-21-17(19)16-20/h14-16H,4-13,19H2,1-3H3. The van der Waals surface area contributed by atoms with Gasteiger partial charge in [0.2, 0.25) is 5.88 Å². The summed E-state index contributed by atoms with van der Waals surface area (Å²) in [5.74, 6) is 0.492. The number of unbranched alkanes of at least 4 members (excludes halogenated alkanes) is 6. The van der Waals surface area contributed by atoms with Crippen molar-refractivity contribution in [3.05, 3.63) is 24.5 Å². The Labute approximate surface area is 131 Å². The summed E-state index contributed by atoms with van der Waals surface area (Å²) in [6.45, 7) is 6.89. The molecule has 21 heavy (non-hydrogen) atoms. The van der Waals surface area contributed by atoms with Crippen LogP contribution in [0.5, 0.6) is 0 Å². The van der Waals surface area contributed by atoms with Crippen LogP contribution in [0, 0.1) is 0 Å². The van der Waals surface area contributed by atoms with E-state index in [9.17, 15) is 0 Å². The van der Waals surface area contributed by atoms with Gasteiger partial charge in [-0.1, -0.05) is 65.2 Å². The number of nitrogens with two attached hydrogens (primary N) is 1. The molecule has 3 heteroatoms. The van der Waals surface area contributed by atoms with Crippen LogP contribution in [-0.4, -0.2) is 10.4 Å². The van der Waals surface area contributed by atoms with Crippen LogP contribution in [0.2, 0.25) is 0 Å². The van der Waals surface area contributed by atoms with Gasteiger partial charge in [-0.3, -0.25) is 0 Å². The summed E-state index contributed by atoms with van der Waals surface area (Å²) in [6.07, 6.45) is 18.6. The molecule has 0 radical (unpaired) electrons. The maximum atomic E-state index is 5.82. The lowest BCUT2D eigenvalue weighted by atomic mass is 9.86. The van der Waals surface area contributed by atoms with Gasteiger partial charge in [-0.05, 0) is 19.8 Å². The number of ether oxygens (including phenoxy) is 1. The largest absolute Gasteiger partial charge is 0.446 e. The molecule has 0 unspecified atom stereocenters. The number of nitrogens with zero attached hydrogens (tertiary/aromatic N) is 1. The predicted molar refractivity (Wildman–Crippen MR) is 90.3 cm³/mol. The average molecular weight is 294 g/mol. The van der Waals surface area contributed by atoms with Gasteiger partial charge < -0.3 is 15.4 Å². The highest BCUT2D eigenvalue weighted by Gasteiger charge is 2.29. The van der Waals surface area contributed by atoms with E-state index in [1.807, 2.05) is 12.4 Å². The molecule has 2 N–H and O–H groups in total. The van der Waals surface area contributed by atoms with Gasteiger partial charge in [0.15, 0.2) is 0 Å². The number of hydrogen-bond donors (Lipinski definition) is 1. The minimum absolute atomic E-state index is 0.159. The Morgan fingerprint density at radius 2 is 1.57 bits per heavy atom. The van der Waals surface area contributed by atoms with Gasteiger partial charge in [-0.2, -0.15) is 0 Å². The van der Waals surface area contributed by atoms with Crippen molar-refractivity contribution in [1.82, 2.24) is 4.90 Å². The molecule has 3 nitrogen and oxygen atoms in total. The molecule has 1 rings (SSSR count). The second-order valence-electron chi connectivity index (χ2n) is 6.46. The molecule has 0 aromatic rings. The van der Waals surface area contributed by atoms with Crippen LogP contribution in [0.3, 0.4) is 0 Å². The molecule has 0 aliphatic carbocycles. The van der Waals surface area contributed by atoms with E-state index in [-0.39, 0.29) is 5.54 Å². The smallest absolute Gasteiger partial charge is 0.206 e. The van der Waals surface area contributed by atoms with Crippen molar-refractivity contribution in [2.24, 2.45) is 5.73 Å². The zero-order valence-corrected chi connectivity index (χ0v) is 14.2. The average Bonchev–Trinajstić information content (AvgIpc) is 2.48. The Balaban J connectivity index is 2.58. The Morgan fingerprint density at radius 1 is 1.00 bits per heavy atom. The lowest BCUT2D eigenvalue weighted by Gasteiger charge is -2.40. The second kappa shape index (κ2) is 9.75. The summed E-state index contributed by atoms with van der Waals surface area (Å²) in [5.41, 5.74) is 5.98. The zero-order chi connectivity index (χ0) is 15.6. The molecular weight excluding hydrogens is 260 g/mol. The topological polar surface area (TPSA) is 38.5 Å². The molecule has 0 saturated carbocycles. The first-order valence-electron chi connectivity index (χ1n) is 8.71. The molecule has 1 aliphatic rings. The summed E-state index contributed by atoms with van der Waals surface area (Å²) in [6, 6.07) is 0. The van der Waals surface area contributed by atoms with Crippen LogP contribution in [0.4, 0.5) is 0 Å². The third kappa shape index (κ3) is 6.45. The van der Waals surface area contributed by atoms with E-state index < -0.39 is 0 Å². The fraction of sp³-hybridized carbons (Fsp3) is 0.778. The predicted octanol–water partition coefficient (Wildman–Crippen LogP) is 5.25. The maximum absolute atomic E-state index is 5.82. The first-order chi connectivity index (χ1) is 10.1. The van der Waals surface area contributed by atoms with E-state index in [1.165, 1.54) is 64.2 Å². The molecule has 0 saturated heterocycles. The molecule has 0 aromatic carbocycles. The third-order valence-corrected chi connectivity index (χ3v) is 4.45. The molecular formula is C18H34N2O. The van der Waals surface area contributed by atoms with Crippen molar-refractivity contribution in [3.63, 3.8) is 0 Å². The van der Waals surface area contributed by atoms with Crippen LogP contribution in [-0.2, 0) is 4.74 Å². The van der Waals surface area contributed by atoms with Crippen LogP contribution in [0.25, 0.3) is 0 Å². The van der Waals surface area contributed by atoms with Crippen LogP contribution < -0.4 is 5.73 Å². The van der Waals surface area contributed by atoms with Crippen LogP contribution in [0.1, 0.15) is 85.0 Å². The fourth-order valence-electron chi connectivity index (χ4n) is 2.97. The van der Waals surface area contributed by atoms with Gasteiger partial charge in [0.1, 0.15) is 6.26 Å². The minimum atomic E-state index is 0.159. The van der Waals surface area contributed by atoms with Gasteiger partial charge in [-0.25, -0.2) is 0 Å². The van der Waals surface area contributed by atoms with Crippen molar-refractivity contribution in [1.29, 1.82) is 0 Å². The number of rotatable bonds is 11. The third-order valence-electron chi connectivity index (χ3n) is 4.45. The van der Waals surface area contributed by atoms with Crippen LogP contribution in [0.15, 0.2) is 24.5 Å². The van der Waals surface area contributed by atoms with E-state index in [1.54, 1.807) is 6.26 Å². The maximum Gasteiger partial charge on any atom is 0.206 e. The van der Waals surface area contributed by atoms with Gasteiger partial charge in [0.05, 0.1) is 6.20 Å². The second-order valence-corrected chi connectivity index (χ2v) is 6.46. The summed E-state index contributed by atoms with van der Waals surface area (Å²) in [7, 11) is 0. The number of hydrogen-bond acceptors (Lipinski definition) is 3. The first kappa shape index (κ1) is 17.9. The zero-order valence-electron chi connectivity index (χ0n) is 14.2. The summed E-state index contributed by atoms with van der Waals surface area (Å²) >= 11 is 0. The van der Waals surface area contributed by atoms with Crippen LogP contribution >= 0.6 is 0 Å². The summed E-state index contributed by atoms with van der Waals surface area (Å²) < 4.78 is 5.21. The van der Waals surface area contributed by atoms with E-state index in [4.69, 9.17) is 10.5 Å². The Morgan fingerprint density at radius 3 is 2.05 bits per heavy atom. The van der Waals surface area contributed by atoms with E-state index >= 15 is 0 Å². The summed E-state index contributed by atoms with van der Waals surface area (Å²) in [4.78, 5) is 2.27. The van der Waals surface area contributed by atoms with Gasteiger partial charge in [0.25, 0.3) is 0 Å². The van der Waals surface area contributed by atoms with Crippen molar-refractivity contribution >= 4 is 0 Å².